The third-order valence-corrected chi connectivity index (χ3v) is 10.7. The highest BCUT2D eigenvalue weighted by atomic mass is 16.3. The zero-order chi connectivity index (χ0) is 22.1. The van der Waals surface area contributed by atoms with Gasteiger partial charge in [-0.15, -0.1) is 0 Å². The Morgan fingerprint density at radius 2 is 1.75 bits per heavy atom. The van der Waals surface area contributed by atoms with Gasteiger partial charge in [0.05, 0.1) is 6.10 Å². The number of allylic oxidation sites excluding steroid dienone is 1. The Labute approximate surface area is 193 Å². The summed E-state index contributed by atoms with van der Waals surface area (Å²) in [7, 11) is 0. The van der Waals surface area contributed by atoms with Crippen molar-refractivity contribution in [3.8, 4) is 0 Å². The van der Waals surface area contributed by atoms with Crippen LogP contribution in [0.1, 0.15) is 83.1 Å². The first-order chi connectivity index (χ1) is 15.4. The van der Waals surface area contributed by atoms with Crippen LogP contribution in [0, 0.1) is 28.6 Å². The number of fused-ring (bicyclic) bond motifs is 5. The lowest BCUT2D eigenvalue weighted by Crippen LogP contribution is -2.54. The van der Waals surface area contributed by atoms with E-state index in [1.807, 2.05) is 6.08 Å². The Morgan fingerprint density at radius 1 is 1.00 bits per heavy atom. The number of carbonyl (C=O) groups is 1. The molecule has 1 aromatic carbocycles. The summed E-state index contributed by atoms with van der Waals surface area (Å²) >= 11 is 0. The molecule has 4 fully saturated rings. The van der Waals surface area contributed by atoms with E-state index in [1.165, 1.54) is 55.6 Å². The second-order valence-corrected chi connectivity index (χ2v) is 12.1. The van der Waals surface area contributed by atoms with Crippen molar-refractivity contribution in [1.82, 2.24) is 0 Å². The second-order valence-electron chi connectivity index (χ2n) is 12.1. The summed E-state index contributed by atoms with van der Waals surface area (Å²) < 4.78 is 0. The molecule has 3 saturated carbocycles. The monoisotopic (exact) mass is 433 g/mol. The highest BCUT2D eigenvalue weighted by molar-refractivity contribution is 5.91. The van der Waals surface area contributed by atoms with Gasteiger partial charge in [0.25, 0.3) is 0 Å². The molecule has 32 heavy (non-hydrogen) atoms. The Kier molecular flexibility index (Phi) is 4.88. The number of ketones is 1. The summed E-state index contributed by atoms with van der Waals surface area (Å²) in [5, 5.41) is 11.1. The molecule has 3 nitrogen and oxygen atoms in total. The standard InChI is InChI=1S/C29H39NO2/c1-28-14-13-22(31)17-20(28)7-10-23-25-11-12-26(32)29(25,2)18-24(27(23)28)19-5-8-21(9-6-19)30-15-3-4-16-30/h5-6,8-9,17,23-27,32H,3-4,7,10-16,18H2,1-2H3. The molecule has 0 bridgehead atoms. The quantitative estimate of drug-likeness (QED) is 0.634. The summed E-state index contributed by atoms with van der Waals surface area (Å²) in [5.41, 5.74) is 4.41. The molecule has 5 aliphatic rings. The normalized spacial score (nSPS) is 43.5. The fourth-order valence-corrected chi connectivity index (χ4v) is 8.95. The van der Waals surface area contributed by atoms with Crippen molar-refractivity contribution in [2.45, 2.75) is 83.7 Å². The van der Waals surface area contributed by atoms with Gasteiger partial charge in [0.1, 0.15) is 0 Å². The largest absolute Gasteiger partial charge is 0.393 e. The number of benzene rings is 1. The van der Waals surface area contributed by atoms with Crippen molar-refractivity contribution >= 4 is 11.5 Å². The molecule has 7 atom stereocenters. The van der Waals surface area contributed by atoms with E-state index in [9.17, 15) is 9.90 Å². The van der Waals surface area contributed by atoms with E-state index in [2.05, 4.69) is 43.0 Å². The second kappa shape index (κ2) is 7.45. The molecule has 3 heteroatoms. The minimum atomic E-state index is -0.169. The van der Waals surface area contributed by atoms with Crippen LogP contribution in [0.25, 0.3) is 0 Å². The number of nitrogens with zero attached hydrogens (tertiary/aromatic N) is 1. The molecule has 7 unspecified atom stereocenters. The Hall–Kier alpha value is -1.61. The van der Waals surface area contributed by atoms with Crippen LogP contribution in [0.2, 0.25) is 0 Å². The molecule has 0 radical (unpaired) electrons. The van der Waals surface area contributed by atoms with Crippen LogP contribution in [0.3, 0.4) is 0 Å². The van der Waals surface area contributed by atoms with E-state index >= 15 is 0 Å². The fraction of sp³-hybridized carbons (Fsp3) is 0.690. The van der Waals surface area contributed by atoms with Gasteiger partial charge in [-0.3, -0.25) is 4.79 Å². The molecule has 0 aromatic heterocycles. The molecule has 1 aromatic rings. The SMILES string of the molecule is CC12CCC(=O)C=C1CCC1C2C(c2ccc(N3CCCC3)cc2)CC2(C)C(O)CCC12. The van der Waals surface area contributed by atoms with Crippen LogP contribution < -0.4 is 4.90 Å². The minimum absolute atomic E-state index is 0.0293. The molecule has 1 N–H and O–H groups in total. The maximum Gasteiger partial charge on any atom is 0.155 e. The van der Waals surface area contributed by atoms with Crippen LogP contribution in [-0.2, 0) is 4.79 Å². The van der Waals surface area contributed by atoms with Gasteiger partial charge >= 0.3 is 0 Å². The van der Waals surface area contributed by atoms with E-state index in [-0.39, 0.29) is 16.9 Å². The van der Waals surface area contributed by atoms with Crippen LogP contribution in [0.5, 0.6) is 0 Å². The lowest BCUT2D eigenvalue weighted by Gasteiger charge is -2.61. The molecule has 1 aliphatic heterocycles. The molecular weight excluding hydrogens is 394 g/mol. The van der Waals surface area contributed by atoms with Crippen molar-refractivity contribution < 1.29 is 9.90 Å². The first-order valence-corrected chi connectivity index (χ1v) is 13.2. The zero-order valence-electron chi connectivity index (χ0n) is 19.9. The van der Waals surface area contributed by atoms with E-state index in [4.69, 9.17) is 0 Å². The van der Waals surface area contributed by atoms with Gasteiger partial charge in [-0.05, 0) is 110 Å². The molecule has 172 valence electrons. The molecule has 4 aliphatic carbocycles. The van der Waals surface area contributed by atoms with Gasteiger partial charge < -0.3 is 10.0 Å². The number of aliphatic hydroxyl groups excluding tert-OH is 1. The molecule has 0 amide bonds. The number of anilines is 1. The molecule has 1 saturated heterocycles. The van der Waals surface area contributed by atoms with Crippen molar-refractivity contribution in [1.29, 1.82) is 0 Å². The van der Waals surface area contributed by atoms with Crippen molar-refractivity contribution in [3.63, 3.8) is 0 Å². The molecule has 0 spiro atoms. The number of rotatable bonds is 2. The number of carbonyl (C=O) groups excluding carboxylic acids is 1. The van der Waals surface area contributed by atoms with E-state index < -0.39 is 0 Å². The summed E-state index contributed by atoms with van der Waals surface area (Å²) in [5.74, 6) is 2.66. The number of hydrogen-bond donors (Lipinski definition) is 1. The molecule has 6 rings (SSSR count). The highest BCUT2D eigenvalue weighted by Crippen LogP contribution is 2.68. The third-order valence-electron chi connectivity index (χ3n) is 10.7. The number of aliphatic hydroxyl groups is 1. The Bertz CT molecular complexity index is 929. The van der Waals surface area contributed by atoms with Crippen LogP contribution in [0.4, 0.5) is 5.69 Å². The van der Waals surface area contributed by atoms with Gasteiger partial charge in [-0.2, -0.15) is 0 Å². The van der Waals surface area contributed by atoms with Crippen molar-refractivity contribution in [3.05, 3.63) is 41.5 Å². The van der Waals surface area contributed by atoms with Gasteiger partial charge in [0, 0.05) is 25.2 Å². The van der Waals surface area contributed by atoms with Gasteiger partial charge in [-0.1, -0.05) is 31.6 Å². The fourth-order valence-electron chi connectivity index (χ4n) is 8.95. The molecule has 1 heterocycles. The average molecular weight is 434 g/mol. The van der Waals surface area contributed by atoms with Gasteiger partial charge in [-0.25, -0.2) is 0 Å². The first kappa shape index (κ1) is 21.0. The number of hydrogen-bond acceptors (Lipinski definition) is 3. The van der Waals surface area contributed by atoms with Crippen LogP contribution in [0.15, 0.2) is 35.9 Å². The summed E-state index contributed by atoms with van der Waals surface area (Å²) in [4.78, 5) is 14.8. The maximum atomic E-state index is 12.3. The summed E-state index contributed by atoms with van der Waals surface area (Å²) in [6, 6.07) is 9.49. The van der Waals surface area contributed by atoms with E-state index in [1.54, 1.807) is 0 Å². The third kappa shape index (κ3) is 2.99. The Morgan fingerprint density at radius 3 is 2.50 bits per heavy atom. The first-order valence-electron chi connectivity index (χ1n) is 13.2. The van der Waals surface area contributed by atoms with Gasteiger partial charge in [0.2, 0.25) is 0 Å². The van der Waals surface area contributed by atoms with Crippen LogP contribution in [-0.4, -0.2) is 30.1 Å². The lowest BCUT2D eigenvalue weighted by molar-refractivity contribution is -0.118. The average Bonchev–Trinajstić information content (AvgIpc) is 3.42. The summed E-state index contributed by atoms with van der Waals surface area (Å²) in [6.07, 6.45) is 11.7. The maximum absolute atomic E-state index is 12.3. The Balaban J connectivity index is 1.41. The van der Waals surface area contributed by atoms with Crippen molar-refractivity contribution in [2.75, 3.05) is 18.0 Å². The minimum Gasteiger partial charge on any atom is -0.393 e. The van der Waals surface area contributed by atoms with E-state index in [0.29, 0.717) is 35.9 Å². The van der Waals surface area contributed by atoms with Crippen molar-refractivity contribution in [2.24, 2.45) is 28.6 Å². The lowest BCUT2D eigenvalue weighted by atomic mass is 9.44. The predicted molar refractivity (Wildman–Crippen MR) is 129 cm³/mol. The smallest absolute Gasteiger partial charge is 0.155 e. The van der Waals surface area contributed by atoms with Crippen LogP contribution >= 0.6 is 0 Å². The highest BCUT2D eigenvalue weighted by Gasteiger charge is 2.62. The van der Waals surface area contributed by atoms with Gasteiger partial charge in [0.15, 0.2) is 5.78 Å². The van der Waals surface area contributed by atoms with E-state index in [0.717, 1.165) is 25.7 Å². The summed E-state index contributed by atoms with van der Waals surface area (Å²) in [6.45, 7) is 7.22. The topological polar surface area (TPSA) is 40.5 Å². The predicted octanol–water partition coefficient (Wildman–Crippen LogP) is 5.87. The zero-order valence-corrected chi connectivity index (χ0v) is 19.9. The molecular formula is C29H39NO2.